The molecule has 3 aliphatic heterocycles. The Kier molecular flexibility index (Phi) is 14.0. The summed E-state index contributed by atoms with van der Waals surface area (Å²) in [6.07, 6.45) is -4.81. The first-order chi connectivity index (χ1) is 28.8. The average Bonchev–Trinajstić information content (AvgIpc) is 3.82. The Bertz CT molecular complexity index is 2190. The lowest BCUT2D eigenvalue weighted by Gasteiger charge is -2.47. The molecule has 61 heavy (non-hydrogen) atoms. The van der Waals surface area contributed by atoms with E-state index in [4.69, 9.17) is 39.8 Å². The fourth-order valence-electron chi connectivity index (χ4n) is 9.18. The van der Waals surface area contributed by atoms with Gasteiger partial charge in [-0.2, -0.15) is 0 Å². The predicted octanol–water partition coefficient (Wildman–Crippen LogP) is 5.76. The van der Waals surface area contributed by atoms with Gasteiger partial charge in [-0.3, -0.25) is 14.4 Å². The van der Waals surface area contributed by atoms with Crippen LogP contribution in [-0.4, -0.2) is 118 Å². The summed E-state index contributed by atoms with van der Waals surface area (Å²) >= 11 is 6.52. The maximum Gasteiger partial charge on any atom is 0.408 e. The summed E-state index contributed by atoms with van der Waals surface area (Å²) in [7, 11) is 3.70. The molecule has 6 rings (SSSR count). The lowest BCUT2D eigenvalue weighted by atomic mass is 9.73. The summed E-state index contributed by atoms with van der Waals surface area (Å²) in [6.45, 7) is 13.3. The van der Waals surface area contributed by atoms with E-state index >= 15 is 0 Å². The number of likely N-dealkylation sites (N-methyl/N-ethyl adjacent to an activating group) is 1. The largest absolute Gasteiger partial charge is 0.458 e. The number of aliphatic hydroxyl groups is 1. The number of esters is 1. The van der Waals surface area contributed by atoms with Gasteiger partial charge in [0, 0.05) is 40.8 Å². The number of para-hydroxylation sites is 1. The number of rotatable bonds is 7. The molecule has 3 aliphatic rings. The second-order valence-corrected chi connectivity index (χ2v) is 17.7. The molecule has 15 nitrogen and oxygen atoms in total. The van der Waals surface area contributed by atoms with Gasteiger partial charge in [0.25, 0.3) is 0 Å². The van der Waals surface area contributed by atoms with Crippen LogP contribution in [0.3, 0.4) is 0 Å². The summed E-state index contributed by atoms with van der Waals surface area (Å²) in [5.41, 5.74) is -1.16. The van der Waals surface area contributed by atoms with Gasteiger partial charge in [0.15, 0.2) is 17.7 Å². The Morgan fingerprint density at radius 3 is 2.46 bits per heavy atom. The zero-order valence-electron chi connectivity index (χ0n) is 36.4. The van der Waals surface area contributed by atoms with Gasteiger partial charge in [0.2, 0.25) is 5.76 Å². The number of benzene rings is 1. The Morgan fingerprint density at radius 2 is 1.75 bits per heavy atom. The molecular weight excluding hydrogens is 808 g/mol. The molecule has 1 aromatic carbocycles. The van der Waals surface area contributed by atoms with Crippen molar-refractivity contribution < 1.29 is 52.5 Å². The minimum absolute atomic E-state index is 0.00378. The monoisotopic (exact) mass is 864 g/mol. The predicted molar refractivity (Wildman–Crippen MR) is 224 cm³/mol. The second kappa shape index (κ2) is 18.5. The van der Waals surface area contributed by atoms with Crippen LogP contribution < -0.4 is 5.32 Å². The van der Waals surface area contributed by atoms with Crippen molar-refractivity contribution in [3.63, 3.8) is 0 Å². The third-order valence-electron chi connectivity index (χ3n) is 12.6. The van der Waals surface area contributed by atoms with Crippen molar-refractivity contribution in [1.29, 1.82) is 0 Å². The SMILES string of the molecule is CC[C@@H]1OC(=O)[C@H](C)C(=O)[C@H](C)[C@@H](O[C@@H]2O[C@H](C)C[C@H](N(C)C)[C@H]2O)[C@@](C)(OCC#Cc2cc(-c3cc4ccccc4nc3Cl)no2)C[C@@H](C)C(=O)[C@@H](C)[C@H]2NC(=O)O[C@]12C. The van der Waals surface area contributed by atoms with Crippen LogP contribution in [0.2, 0.25) is 5.15 Å². The van der Waals surface area contributed by atoms with E-state index in [2.05, 4.69) is 27.3 Å². The van der Waals surface area contributed by atoms with Crippen LogP contribution in [-0.2, 0) is 38.1 Å². The summed E-state index contributed by atoms with van der Waals surface area (Å²) in [6, 6.07) is 9.85. The van der Waals surface area contributed by atoms with Gasteiger partial charge in [-0.15, -0.1) is 0 Å². The van der Waals surface area contributed by atoms with Gasteiger partial charge >= 0.3 is 12.1 Å². The third kappa shape index (κ3) is 9.50. The first-order valence-corrected chi connectivity index (χ1v) is 21.2. The van der Waals surface area contributed by atoms with E-state index in [0.717, 1.165) is 10.9 Å². The summed E-state index contributed by atoms with van der Waals surface area (Å²) in [5.74, 6) is 0.625. The summed E-state index contributed by atoms with van der Waals surface area (Å²) < 4.78 is 36.8. The number of alkyl carbamates (subject to hydrolysis) is 1. The average molecular weight is 865 g/mol. The number of carbonyl (C=O) groups is 4. The number of halogens is 1. The number of aromatic nitrogens is 2. The van der Waals surface area contributed by atoms with E-state index in [1.807, 2.05) is 56.3 Å². The molecule has 0 radical (unpaired) electrons. The number of hydrogen-bond donors (Lipinski definition) is 2. The van der Waals surface area contributed by atoms with Crippen LogP contribution >= 0.6 is 11.6 Å². The van der Waals surface area contributed by atoms with Crippen molar-refractivity contribution >= 4 is 46.1 Å². The molecule has 3 fully saturated rings. The van der Waals surface area contributed by atoms with Crippen molar-refractivity contribution in [2.75, 3.05) is 20.7 Å². The Hall–Kier alpha value is -4.43. The molecule has 3 saturated heterocycles. The number of hydrogen-bond acceptors (Lipinski definition) is 14. The number of amides is 1. The van der Waals surface area contributed by atoms with Crippen LogP contribution in [0, 0.1) is 35.5 Å². The number of aliphatic hydroxyl groups excluding tert-OH is 1. The lowest BCUT2D eigenvalue weighted by molar-refractivity contribution is -0.296. The molecule has 330 valence electrons. The molecule has 0 aliphatic carbocycles. The van der Waals surface area contributed by atoms with E-state index in [-0.39, 0.29) is 48.3 Å². The number of Topliss-reactive ketones (excluding diaryl/α,β-unsaturated/α-hetero) is 2. The van der Waals surface area contributed by atoms with Gasteiger partial charge in [0.1, 0.15) is 41.4 Å². The highest BCUT2D eigenvalue weighted by atomic mass is 35.5. The fraction of sp³-hybridized carbons (Fsp3) is 0.600. The first-order valence-electron chi connectivity index (χ1n) is 20.9. The number of fused-ring (bicyclic) bond motifs is 2. The van der Waals surface area contributed by atoms with E-state index in [1.54, 1.807) is 47.6 Å². The van der Waals surface area contributed by atoms with E-state index < -0.39 is 83.4 Å². The van der Waals surface area contributed by atoms with Crippen LogP contribution in [0.5, 0.6) is 0 Å². The molecule has 0 saturated carbocycles. The molecule has 13 atom stereocenters. The number of pyridine rings is 1. The molecule has 3 aromatic rings. The highest BCUT2D eigenvalue weighted by molar-refractivity contribution is 6.32. The Morgan fingerprint density at radius 1 is 1.03 bits per heavy atom. The van der Waals surface area contributed by atoms with Crippen LogP contribution in [0.4, 0.5) is 4.79 Å². The molecule has 0 unspecified atom stereocenters. The second-order valence-electron chi connectivity index (χ2n) is 17.4. The highest BCUT2D eigenvalue weighted by Crippen LogP contribution is 2.40. The van der Waals surface area contributed by atoms with E-state index in [9.17, 15) is 24.3 Å². The lowest BCUT2D eigenvalue weighted by Crippen LogP contribution is -2.60. The quantitative estimate of drug-likeness (QED) is 0.126. The van der Waals surface area contributed by atoms with Crippen LogP contribution in [0.1, 0.15) is 80.4 Å². The van der Waals surface area contributed by atoms with Crippen molar-refractivity contribution in [1.82, 2.24) is 20.4 Å². The fourth-order valence-corrected chi connectivity index (χ4v) is 9.43. The molecular formula is C45H57ClN4O11. The summed E-state index contributed by atoms with van der Waals surface area (Å²) in [5, 5.41) is 19.7. The minimum Gasteiger partial charge on any atom is -0.458 e. The smallest absolute Gasteiger partial charge is 0.408 e. The zero-order chi connectivity index (χ0) is 44.6. The maximum absolute atomic E-state index is 14.5. The van der Waals surface area contributed by atoms with Gasteiger partial charge < -0.3 is 43.5 Å². The molecule has 0 bridgehead atoms. The van der Waals surface area contributed by atoms with Crippen LogP contribution in [0.25, 0.3) is 22.2 Å². The van der Waals surface area contributed by atoms with Gasteiger partial charge in [-0.1, -0.05) is 68.6 Å². The topological polar surface area (TPSA) is 189 Å². The maximum atomic E-state index is 14.5. The first kappa shape index (κ1) is 46.1. The zero-order valence-corrected chi connectivity index (χ0v) is 37.1. The molecule has 5 heterocycles. The minimum atomic E-state index is -1.48. The van der Waals surface area contributed by atoms with Gasteiger partial charge in [-0.05, 0) is 79.1 Å². The number of nitrogens with zero attached hydrogens (tertiary/aromatic N) is 3. The molecule has 2 N–H and O–H groups in total. The Labute approximate surface area is 361 Å². The van der Waals surface area contributed by atoms with Crippen molar-refractivity contribution in [3.05, 3.63) is 47.3 Å². The van der Waals surface area contributed by atoms with E-state index in [1.165, 1.54) is 6.92 Å². The third-order valence-corrected chi connectivity index (χ3v) is 12.9. The number of carbonyl (C=O) groups excluding carboxylic acids is 4. The normalized spacial score (nSPS) is 35.1. The Balaban J connectivity index is 1.37. The van der Waals surface area contributed by atoms with Gasteiger partial charge in [0.05, 0.1) is 29.4 Å². The number of cyclic esters (lactones) is 1. The van der Waals surface area contributed by atoms with Gasteiger partial charge in [-0.25, -0.2) is 9.78 Å². The molecule has 16 heteroatoms. The van der Waals surface area contributed by atoms with Crippen molar-refractivity contribution in [2.24, 2.45) is 23.7 Å². The van der Waals surface area contributed by atoms with Crippen LogP contribution in [0.15, 0.2) is 40.9 Å². The highest BCUT2D eigenvalue weighted by Gasteiger charge is 2.57. The summed E-state index contributed by atoms with van der Waals surface area (Å²) in [4.78, 5) is 62.0. The molecule has 0 spiro atoms. The van der Waals surface area contributed by atoms with Crippen molar-refractivity contribution in [2.45, 2.75) is 129 Å². The standard InChI is InChI=1S/C45H57ClN4O11/c1-11-34-45(8)38(48-43(55)60-45)25(4)35(51)23(2)22-44(7,56-18-14-16-29-21-32(49-61-29)30-20-28-15-12-13-17-31(28)47-40(30)46)39(26(5)36(52)27(6)41(54)58-34)59-42-37(53)33(50(9)10)19-24(3)57-42/h12-13,15,17,20-21,23-27,33-34,37-39,42,53H,11,18-19,22H2,1-10H3,(H,48,55)/t23-,24-,25-,26+,27-,33+,34+,37-,38-,39-,42+,44+,45-/m1/s1. The number of nitrogens with one attached hydrogen (secondary N) is 1. The van der Waals surface area contributed by atoms with E-state index in [0.29, 0.717) is 17.7 Å². The number of ether oxygens (including phenoxy) is 5. The number of ketones is 2. The molecule has 1 amide bonds. The van der Waals surface area contributed by atoms with Crippen molar-refractivity contribution in [3.8, 4) is 23.1 Å². The molecule has 2 aromatic heterocycles.